The quantitative estimate of drug-likeness (QED) is 0.477. The smallest absolute Gasteiger partial charge is 0.269 e. The molecule has 0 atom stereocenters. The Hall–Kier alpha value is -2.28. The van der Waals surface area contributed by atoms with Crippen LogP contribution in [-0.2, 0) is 20.0 Å². The molecule has 2 rings (SSSR count). The van der Waals surface area contributed by atoms with Crippen molar-refractivity contribution in [3.05, 3.63) is 51.8 Å². The van der Waals surface area contributed by atoms with Crippen molar-refractivity contribution < 1.29 is 4.92 Å². The van der Waals surface area contributed by atoms with E-state index < -0.39 is 4.92 Å². The topological polar surface area (TPSA) is 85.9 Å². The molecular weight excluding hydrogens is 246 g/mol. The van der Waals surface area contributed by atoms with Crippen molar-refractivity contribution in [1.29, 1.82) is 0 Å². The molecule has 7 nitrogen and oxygen atoms in total. The van der Waals surface area contributed by atoms with E-state index in [-0.39, 0.29) is 5.69 Å². The van der Waals surface area contributed by atoms with Gasteiger partial charge in [0.05, 0.1) is 16.8 Å². The number of aromatic nitrogens is 3. The fraction of sp³-hybridized carbons (Fsp3) is 0.333. The zero-order valence-electron chi connectivity index (χ0n) is 10.6. The molecule has 100 valence electrons. The van der Waals surface area contributed by atoms with Gasteiger partial charge in [0.2, 0.25) is 0 Å². The number of benzene rings is 1. The second-order valence-corrected chi connectivity index (χ2v) is 4.20. The van der Waals surface area contributed by atoms with E-state index in [4.69, 9.17) is 0 Å². The van der Waals surface area contributed by atoms with E-state index in [1.54, 1.807) is 23.0 Å². The Labute approximate surface area is 110 Å². The highest BCUT2D eigenvalue weighted by Crippen LogP contribution is 2.11. The molecule has 0 aliphatic heterocycles. The lowest BCUT2D eigenvalue weighted by Crippen LogP contribution is -2.18. The largest absolute Gasteiger partial charge is 0.311 e. The van der Waals surface area contributed by atoms with Crippen LogP contribution in [0.3, 0.4) is 0 Å². The summed E-state index contributed by atoms with van der Waals surface area (Å²) in [6, 6.07) is 6.62. The van der Waals surface area contributed by atoms with Gasteiger partial charge in [-0.2, -0.15) is 0 Å². The van der Waals surface area contributed by atoms with Crippen molar-refractivity contribution in [2.45, 2.75) is 13.0 Å². The van der Waals surface area contributed by atoms with Crippen LogP contribution in [0.2, 0.25) is 0 Å². The average molecular weight is 261 g/mol. The van der Waals surface area contributed by atoms with Crippen molar-refractivity contribution in [1.82, 2.24) is 20.3 Å². The molecule has 0 aliphatic carbocycles. The highest BCUT2D eigenvalue weighted by Gasteiger charge is 2.04. The first-order valence-electron chi connectivity index (χ1n) is 5.94. The Kier molecular flexibility index (Phi) is 4.19. The Morgan fingerprint density at radius 2 is 2.11 bits per heavy atom. The molecule has 0 bridgehead atoms. The lowest BCUT2D eigenvalue weighted by Gasteiger charge is -2.04. The molecule has 1 aromatic carbocycles. The highest BCUT2D eigenvalue weighted by atomic mass is 16.6. The van der Waals surface area contributed by atoms with Crippen LogP contribution in [0.1, 0.15) is 11.3 Å². The summed E-state index contributed by atoms with van der Waals surface area (Å²) in [5.41, 5.74) is 2.21. The molecule has 0 fully saturated rings. The normalized spacial score (nSPS) is 10.6. The number of nitrogens with one attached hydrogen (secondary N) is 1. The van der Waals surface area contributed by atoms with Crippen LogP contribution in [-0.4, -0.2) is 26.5 Å². The van der Waals surface area contributed by atoms with Gasteiger partial charge in [-0.3, -0.25) is 14.8 Å². The van der Waals surface area contributed by atoms with Crippen LogP contribution in [0.5, 0.6) is 0 Å². The van der Waals surface area contributed by atoms with E-state index in [1.807, 2.05) is 7.05 Å². The van der Waals surface area contributed by atoms with Crippen LogP contribution in [0.15, 0.2) is 30.5 Å². The van der Waals surface area contributed by atoms with E-state index in [0.717, 1.165) is 24.2 Å². The van der Waals surface area contributed by atoms with Crippen LogP contribution < -0.4 is 5.32 Å². The number of aryl methyl sites for hydroxylation is 1. The standard InChI is InChI=1S/C12H15N5O2/c1-16-12(9-14-15-16)8-13-7-6-10-2-4-11(5-3-10)17(18)19/h2-5,9,13H,6-8H2,1H3. The maximum Gasteiger partial charge on any atom is 0.269 e. The second-order valence-electron chi connectivity index (χ2n) is 4.20. The molecule has 1 aromatic heterocycles. The summed E-state index contributed by atoms with van der Waals surface area (Å²) in [7, 11) is 1.85. The summed E-state index contributed by atoms with van der Waals surface area (Å²) < 4.78 is 1.72. The van der Waals surface area contributed by atoms with Crippen molar-refractivity contribution in [3.63, 3.8) is 0 Å². The van der Waals surface area contributed by atoms with Gasteiger partial charge in [-0.15, -0.1) is 5.10 Å². The SMILES string of the molecule is Cn1nncc1CNCCc1ccc([N+](=O)[O-])cc1. The molecule has 0 radical (unpaired) electrons. The van der Waals surface area contributed by atoms with Gasteiger partial charge in [-0.25, -0.2) is 0 Å². The summed E-state index contributed by atoms with van der Waals surface area (Å²) in [4.78, 5) is 10.1. The Bertz CT molecular complexity index is 550. The molecule has 1 N–H and O–H groups in total. The van der Waals surface area contributed by atoms with Crippen molar-refractivity contribution in [3.8, 4) is 0 Å². The molecule has 0 saturated carbocycles. The van der Waals surface area contributed by atoms with Crippen molar-refractivity contribution >= 4 is 5.69 Å². The van der Waals surface area contributed by atoms with Gasteiger partial charge in [-0.05, 0) is 18.5 Å². The number of nitro groups is 1. The number of hydrogen-bond donors (Lipinski definition) is 1. The van der Waals surface area contributed by atoms with Crippen LogP contribution in [0, 0.1) is 10.1 Å². The lowest BCUT2D eigenvalue weighted by molar-refractivity contribution is -0.384. The van der Waals surface area contributed by atoms with Gasteiger partial charge in [0.15, 0.2) is 0 Å². The van der Waals surface area contributed by atoms with Crippen LogP contribution in [0.25, 0.3) is 0 Å². The first kappa shape index (κ1) is 13.2. The first-order chi connectivity index (χ1) is 9.16. The monoisotopic (exact) mass is 261 g/mol. The van der Waals surface area contributed by atoms with E-state index in [2.05, 4.69) is 15.6 Å². The van der Waals surface area contributed by atoms with Crippen molar-refractivity contribution in [2.24, 2.45) is 7.05 Å². The van der Waals surface area contributed by atoms with Gasteiger partial charge < -0.3 is 5.32 Å². The third-order valence-electron chi connectivity index (χ3n) is 2.85. The fourth-order valence-corrected chi connectivity index (χ4v) is 1.70. The predicted octanol–water partition coefficient (Wildman–Crippen LogP) is 1.06. The predicted molar refractivity (Wildman–Crippen MR) is 69.5 cm³/mol. The summed E-state index contributed by atoms with van der Waals surface area (Å²) in [5.74, 6) is 0. The Morgan fingerprint density at radius 3 is 2.68 bits per heavy atom. The zero-order chi connectivity index (χ0) is 13.7. The van der Waals surface area contributed by atoms with Crippen LogP contribution in [0.4, 0.5) is 5.69 Å². The van der Waals surface area contributed by atoms with Crippen molar-refractivity contribution in [2.75, 3.05) is 6.54 Å². The molecule has 0 saturated heterocycles. The lowest BCUT2D eigenvalue weighted by atomic mass is 10.1. The first-order valence-corrected chi connectivity index (χ1v) is 5.94. The zero-order valence-corrected chi connectivity index (χ0v) is 10.6. The van der Waals surface area contributed by atoms with E-state index >= 15 is 0 Å². The van der Waals surface area contributed by atoms with Gasteiger partial charge in [-0.1, -0.05) is 17.3 Å². The number of rotatable bonds is 6. The third-order valence-corrected chi connectivity index (χ3v) is 2.85. The molecule has 7 heteroatoms. The maximum absolute atomic E-state index is 10.5. The molecule has 0 unspecified atom stereocenters. The molecule has 0 aliphatic rings. The molecule has 0 amide bonds. The highest BCUT2D eigenvalue weighted by molar-refractivity contribution is 5.32. The van der Waals surface area contributed by atoms with Crippen LogP contribution >= 0.6 is 0 Å². The maximum atomic E-state index is 10.5. The minimum absolute atomic E-state index is 0.123. The van der Waals surface area contributed by atoms with Gasteiger partial charge in [0, 0.05) is 25.7 Å². The van der Waals surface area contributed by atoms with Gasteiger partial charge in [0.25, 0.3) is 5.69 Å². The summed E-state index contributed by atoms with van der Waals surface area (Å²) in [5, 5.41) is 21.4. The summed E-state index contributed by atoms with van der Waals surface area (Å²) in [6.45, 7) is 1.50. The molecule has 2 aromatic rings. The molecule has 19 heavy (non-hydrogen) atoms. The minimum Gasteiger partial charge on any atom is -0.311 e. The number of hydrogen-bond acceptors (Lipinski definition) is 5. The van der Waals surface area contributed by atoms with E-state index in [0.29, 0.717) is 6.54 Å². The fourth-order valence-electron chi connectivity index (χ4n) is 1.70. The number of non-ortho nitro benzene ring substituents is 1. The Balaban J connectivity index is 1.76. The number of nitrogens with zero attached hydrogens (tertiary/aromatic N) is 4. The Morgan fingerprint density at radius 1 is 1.37 bits per heavy atom. The molecular formula is C12H15N5O2. The summed E-state index contributed by atoms with van der Waals surface area (Å²) in [6.07, 6.45) is 2.54. The molecule has 1 heterocycles. The number of nitro benzene ring substituents is 1. The summed E-state index contributed by atoms with van der Waals surface area (Å²) >= 11 is 0. The molecule has 0 spiro atoms. The van der Waals surface area contributed by atoms with E-state index in [1.165, 1.54) is 12.1 Å². The van der Waals surface area contributed by atoms with E-state index in [9.17, 15) is 10.1 Å². The third kappa shape index (κ3) is 3.59. The van der Waals surface area contributed by atoms with Gasteiger partial charge >= 0.3 is 0 Å². The van der Waals surface area contributed by atoms with Gasteiger partial charge in [0.1, 0.15) is 0 Å². The second kappa shape index (κ2) is 6.05. The minimum atomic E-state index is -0.391. The average Bonchev–Trinajstić information content (AvgIpc) is 2.81.